The van der Waals surface area contributed by atoms with Crippen LogP contribution in [0, 0.1) is 18.3 Å². The molecule has 3 heteroatoms. The van der Waals surface area contributed by atoms with Crippen LogP contribution in [-0.4, -0.2) is 0 Å². The number of rotatable bonds is 1. The van der Waals surface area contributed by atoms with Crippen LogP contribution < -0.4 is 5.73 Å². The maximum atomic E-state index is 8.66. The van der Waals surface area contributed by atoms with E-state index < -0.39 is 0 Å². The van der Waals surface area contributed by atoms with Crippen LogP contribution in [0.3, 0.4) is 0 Å². The highest BCUT2D eigenvalue weighted by molar-refractivity contribution is 7.17. The number of nitriles is 1. The Morgan fingerprint density at radius 1 is 1.57 bits per heavy atom. The van der Waals surface area contributed by atoms with Crippen molar-refractivity contribution in [2.24, 2.45) is 0 Å². The van der Waals surface area contributed by atoms with Gasteiger partial charge in [0.15, 0.2) is 0 Å². The minimum absolute atomic E-state index is 0.389. The van der Waals surface area contributed by atoms with Gasteiger partial charge in [-0.15, -0.1) is 11.3 Å². The number of aryl methyl sites for hydroxylation is 1. The molecular formula is C11H10N2S. The van der Waals surface area contributed by atoms with Gasteiger partial charge in [-0.2, -0.15) is 5.26 Å². The Kier molecular flexibility index (Phi) is 2.14. The van der Waals surface area contributed by atoms with E-state index in [4.69, 9.17) is 11.0 Å². The first-order chi connectivity index (χ1) is 6.74. The lowest BCUT2D eigenvalue weighted by atomic mass is 10.0. The van der Waals surface area contributed by atoms with E-state index in [1.54, 1.807) is 11.3 Å². The smallest absolute Gasteiger partial charge is 0.0670 e. The molecule has 0 atom stereocenters. The Balaban J connectivity index is 2.76. The van der Waals surface area contributed by atoms with Gasteiger partial charge in [-0.3, -0.25) is 0 Å². The van der Waals surface area contributed by atoms with Crippen LogP contribution in [0.4, 0.5) is 5.69 Å². The van der Waals surface area contributed by atoms with Crippen molar-refractivity contribution in [2.45, 2.75) is 13.3 Å². The van der Waals surface area contributed by atoms with Gasteiger partial charge in [-0.1, -0.05) is 6.07 Å². The third kappa shape index (κ3) is 1.24. The number of fused-ring (bicyclic) bond motifs is 1. The van der Waals surface area contributed by atoms with Crippen molar-refractivity contribution in [2.75, 3.05) is 5.73 Å². The number of anilines is 1. The van der Waals surface area contributed by atoms with E-state index in [1.807, 2.05) is 11.4 Å². The predicted molar refractivity (Wildman–Crippen MR) is 60.3 cm³/mol. The summed E-state index contributed by atoms with van der Waals surface area (Å²) in [5.41, 5.74) is 8.88. The van der Waals surface area contributed by atoms with Crippen LogP contribution >= 0.6 is 11.3 Å². The molecule has 0 aliphatic rings. The van der Waals surface area contributed by atoms with Crippen molar-refractivity contribution in [3.8, 4) is 6.07 Å². The predicted octanol–water partition coefficient (Wildman–Crippen LogP) is 2.86. The lowest BCUT2D eigenvalue weighted by Gasteiger charge is -2.05. The van der Waals surface area contributed by atoms with Crippen molar-refractivity contribution in [3.05, 3.63) is 28.6 Å². The Morgan fingerprint density at radius 3 is 3.07 bits per heavy atom. The third-order valence-electron chi connectivity index (χ3n) is 2.34. The first kappa shape index (κ1) is 9.04. The van der Waals surface area contributed by atoms with Gasteiger partial charge in [-0.05, 0) is 34.9 Å². The van der Waals surface area contributed by atoms with Gasteiger partial charge in [0.2, 0.25) is 0 Å². The molecule has 2 N–H and O–H groups in total. The largest absolute Gasteiger partial charge is 0.397 e. The first-order valence-corrected chi connectivity index (χ1v) is 5.24. The summed E-state index contributed by atoms with van der Waals surface area (Å²) in [4.78, 5) is 0. The topological polar surface area (TPSA) is 49.8 Å². The van der Waals surface area contributed by atoms with Crippen LogP contribution in [0.2, 0.25) is 0 Å². The van der Waals surface area contributed by atoms with E-state index in [0.717, 1.165) is 16.0 Å². The van der Waals surface area contributed by atoms with E-state index in [9.17, 15) is 0 Å². The SMILES string of the molecule is Cc1cc(CC#N)c(N)c2sccc12. The molecule has 0 spiro atoms. The Hall–Kier alpha value is -1.53. The fourth-order valence-electron chi connectivity index (χ4n) is 1.62. The van der Waals surface area contributed by atoms with Crippen molar-refractivity contribution in [1.82, 2.24) is 0 Å². The molecule has 0 unspecified atom stereocenters. The third-order valence-corrected chi connectivity index (χ3v) is 3.29. The van der Waals surface area contributed by atoms with E-state index in [-0.39, 0.29) is 0 Å². The van der Waals surface area contributed by atoms with Crippen LogP contribution in [-0.2, 0) is 6.42 Å². The molecule has 14 heavy (non-hydrogen) atoms. The second-order valence-electron chi connectivity index (χ2n) is 3.26. The molecule has 2 nitrogen and oxygen atoms in total. The summed E-state index contributed by atoms with van der Waals surface area (Å²) in [5, 5.41) is 11.9. The summed E-state index contributed by atoms with van der Waals surface area (Å²) in [6, 6.07) is 6.21. The van der Waals surface area contributed by atoms with Gasteiger partial charge < -0.3 is 5.73 Å². The number of nitrogens with two attached hydrogens (primary N) is 1. The Labute approximate surface area is 86.6 Å². The summed E-state index contributed by atoms with van der Waals surface area (Å²) >= 11 is 1.63. The minimum Gasteiger partial charge on any atom is -0.397 e. The lowest BCUT2D eigenvalue weighted by molar-refractivity contribution is 1.26. The molecule has 0 fully saturated rings. The maximum absolute atomic E-state index is 8.66. The standard InChI is InChI=1S/C11H10N2S/c1-7-6-8(2-4-12)10(13)11-9(7)3-5-14-11/h3,5-6H,2,13H2,1H3. The normalized spacial score (nSPS) is 10.3. The van der Waals surface area contributed by atoms with E-state index in [2.05, 4.69) is 19.1 Å². The highest BCUT2D eigenvalue weighted by atomic mass is 32.1. The summed E-state index contributed by atoms with van der Waals surface area (Å²) in [5.74, 6) is 0. The van der Waals surface area contributed by atoms with Gasteiger partial charge in [0, 0.05) is 0 Å². The number of nitrogens with zero attached hydrogens (tertiary/aromatic N) is 1. The van der Waals surface area contributed by atoms with Crippen molar-refractivity contribution >= 4 is 27.1 Å². The summed E-state index contributed by atoms with van der Waals surface area (Å²) in [6.45, 7) is 2.05. The second-order valence-corrected chi connectivity index (χ2v) is 4.18. The van der Waals surface area contributed by atoms with Crippen LogP contribution in [0.15, 0.2) is 17.5 Å². The lowest BCUT2D eigenvalue weighted by Crippen LogP contribution is -1.94. The molecule has 0 aliphatic carbocycles. The van der Waals surface area contributed by atoms with Gasteiger partial charge in [0.05, 0.1) is 22.9 Å². The summed E-state index contributed by atoms with van der Waals surface area (Å²) in [7, 11) is 0. The van der Waals surface area contributed by atoms with Gasteiger partial charge in [0.1, 0.15) is 0 Å². The number of thiophene rings is 1. The summed E-state index contributed by atoms with van der Waals surface area (Å²) < 4.78 is 1.11. The van der Waals surface area contributed by atoms with E-state index in [1.165, 1.54) is 10.9 Å². The molecule has 0 saturated carbocycles. The average Bonchev–Trinajstić information content (AvgIpc) is 2.63. The number of hydrogen-bond donors (Lipinski definition) is 1. The molecule has 0 amide bonds. The molecule has 1 aromatic heterocycles. The molecule has 2 aromatic rings. The quantitative estimate of drug-likeness (QED) is 0.723. The first-order valence-electron chi connectivity index (χ1n) is 4.36. The fourth-order valence-corrected chi connectivity index (χ4v) is 2.58. The fraction of sp³-hybridized carbons (Fsp3) is 0.182. The molecule has 0 radical (unpaired) electrons. The molecule has 2 rings (SSSR count). The Morgan fingerprint density at radius 2 is 2.36 bits per heavy atom. The second kappa shape index (κ2) is 3.32. The molecular weight excluding hydrogens is 192 g/mol. The molecule has 0 saturated heterocycles. The van der Waals surface area contributed by atoms with Crippen molar-refractivity contribution in [3.63, 3.8) is 0 Å². The van der Waals surface area contributed by atoms with Gasteiger partial charge in [-0.25, -0.2) is 0 Å². The van der Waals surface area contributed by atoms with E-state index in [0.29, 0.717) is 6.42 Å². The van der Waals surface area contributed by atoms with Gasteiger partial charge >= 0.3 is 0 Å². The van der Waals surface area contributed by atoms with E-state index >= 15 is 0 Å². The molecule has 0 bridgehead atoms. The van der Waals surface area contributed by atoms with Crippen LogP contribution in [0.25, 0.3) is 10.1 Å². The van der Waals surface area contributed by atoms with Crippen LogP contribution in [0.5, 0.6) is 0 Å². The monoisotopic (exact) mass is 202 g/mol. The number of nitrogen functional groups attached to an aromatic ring is 1. The molecule has 0 aliphatic heterocycles. The Bertz CT molecular complexity index is 520. The zero-order chi connectivity index (χ0) is 10.1. The zero-order valence-corrected chi connectivity index (χ0v) is 8.69. The molecule has 1 aromatic carbocycles. The maximum Gasteiger partial charge on any atom is 0.0670 e. The number of hydrogen-bond acceptors (Lipinski definition) is 3. The summed E-state index contributed by atoms with van der Waals surface area (Å²) in [6.07, 6.45) is 0.389. The molecule has 1 heterocycles. The number of benzene rings is 1. The molecule has 70 valence electrons. The minimum atomic E-state index is 0.389. The highest BCUT2D eigenvalue weighted by Crippen LogP contribution is 2.32. The van der Waals surface area contributed by atoms with Crippen LogP contribution in [0.1, 0.15) is 11.1 Å². The van der Waals surface area contributed by atoms with Crippen molar-refractivity contribution < 1.29 is 0 Å². The van der Waals surface area contributed by atoms with Crippen molar-refractivity contribution in [1.29, 1.82) is 5.26 Å². The van der Waals surface area contributed by atoms with Gasteiger partial charge in [0.25, 0.3) is 0 Å². The highest BCUT2D eigenvalue weighted by Gasteiger charge is 2.07. The average molecular weight is 202 g/mol. The zero-order valence-electron chi connectivity index (χ0n) is 7.87.